The summed E-state index contributed by atoms with van der Waals surface area (Å²) in [6.45, 7) is 2.03. The summed E-state index contributed by atoms with van der Waals surface area (Å²) in [4.78, 5) is 20.7. The smallest absolute Gasteiger partial charge is 0.373 e. The molecule has 0 radical (unpaired) electrons. The van der Waals surface area contributed by atoms with Gasteiger partial charge in [-0.3, -0.25) is 0 Å². The Hall–Kier alpha value is -3.24. The van der Waals surface area contributed by atoms with Crippen LogP contribution in [0.15, 0.2) is 53.1 Å². The van der Waals surface area contributed by atoms with Crippen LogP contribution in [0.5, 0.6) is 5.75 Å². The van der Waals surface area contributed by atoms with Crippen LogP contribution >= 0.6 is 0 Å². The second-order valence-corrected chi connectivity index (χ2v) is 4.60. The Morgan fingerprint density at radius 1 is 1.04 bits per heavy atom. The van der Waals surface area contributed by atoms with Gasteiger partial charge in [0.15, 0.2) is 0 Å². The summed E-state index contributed by atoms with van der Waals surface area (Å²) in [5.41, 5.74) is 2.98. The first-order chi connectivity index (χ1) is 11.2. The van der Waals surface area contributed by atoms with Crippen molar-refractivity contribution in [3.8, 4) is 28.6 Å². The largest absolute Gasteiger partial charge is 0.497 e. The van der Waals surface area contributed by atoms with E-state index in [4.69, 9.17) is 18.8 Å². The number of aromatic nitrogens is 2. The summed E-state index contributed by atoms with van der Waals surface area (Å²) in [7, 11) is 1.64. The zero-order chi connectivity index (χ0) is 16.7. The van der Waals surface area contributed by atoms with Gasteiger partial charge >= 0.3 is 6.15 Å². The Bertz CT molecular complexity index is 803. The SMILES string of the molecule is COc1ccc(-c2noc(-c3cccc(C)c3)n2)cc1.O=C=O. The van der Waals surface area contributed by atoms with Gasteiger partial charge in [-0.15, -0.1) is 0 Å². The average Bonchev–Trinajstić information content (AvgIpc) is 3.06. The quantitative estimate of drug-likeness (QED) is 0.739. The Kier molecular flexibility index (Phi) is 5.39. The lowest BCUT2D eigenvalue weighted by molar-refractivity contribution is -0.191. The molecule has 0 saturated carbocycles. The summed E-state index contributed by atoms with van der Waals surface area (Å²) >= 11 is 0. The van der Waals surface area contributed by atoms with Crippen LogP contribution in [0.25, 0.3) is 22.8 Å². The Balaban J connectivity index is 0.000000595. The number of aryl methyl sites for hydroxylation is 1. The number of methoxy groups -OCH3 is 1. The number of hydrogen-bond donors (Lipinski definition) is 0. The monoisotopic (exact) mass is 310 g/mol. The van der Waals surface area contributed by atoms with E-state index in [9.17, 15) is 0 Å². The second kappa shape index (κ2) is 7.68. The van der Waals surface area contributed by atoms with E-state index in [2.05, 4.69) is 10.1 Å². The van der Waals surface area contributed by atoms with Crippen molar-refractivity contribution >= 4 is 6.15 Å². The Labute approximate surface area is 132 Å². The van der Waals surface area contributed by atoms with E-state index < -0.39 is 0 Å². The first-order valence-corrected chi connectivity index (χ1v) is 6.72. The van der Waals surface area contributed by atoms with Gasteiger partial charge in [0, 0.05) is 11.1 Å². The van der Waals surface area contributed by atoms with Crippen LogP contribution in [0.3, 0.4) is 0 Å². The molecule has 3 rings (SSSR count). The van der Waals surface area contributed by atoms with E-state index in [1.165, 1.54) is 0 Å². The second-order valence-electron chi connectivity index (χ2n) is 4.60. The van der Waals surface area contributed by atoms with Crippen molar-refractivity contribution in [2.75, 3.05) is 7.11 Å². The van der Waals surface area contributed by atoms with E-state index in [1.54, 1.807) is 7.11 Å². The minimum Gasteiger partial charge on any atom is -0.497 e. The van der Waals surface area contributed by atoms with Crippen molar-refractivity contribution in [1.82, 2.24) is 10.1 Å². The highest BCUT2D eigenvalue weighted by molar-refractivity contribution is 5.60. The van der Waals surface area contributed by atoms with Gasteiger partial charge in [0.05, 0.1) is 7.11 Å². The van der Waals surface area contributed by atoms with E-state index in [-0.39, 0.29) is 6.15 Å². The van der Waals surface area contributed by atoms with E-state index in [0.29, 0.717) is 11.7 Å². The van der Waals surface area contributed by atoms with Crippen molar-refractivity contribution in [2.45, 2.75) is 6.92 Å². The zero-order valence-electron chi connectivity index (χ0n) is 12.6. The summed E-state index contributed by atoms with van der Waals surface area (Å²) in [6, 6.07) is 15.5. The predicted molar refractivity (Wildman–Crippen MR) is 81.5 cm³/mol. The van der Waals surface area contributed by atoms with E-state index >= 15 is 0 Å². The standard InChI is InChI=1S/C16H14N2O2.CO2/c1-11-4-3-5-13(10-11)16-17-15(18-20-16)12-6-8-14(19-2)9-7-12;2-1-3/h3-10H,1-2H3;. The third kappa shape index (κ3) is 4.12. The highest BCUT2D eigenvalue weighted by Crippen LogP contribution is 2.24. The molecule has 2 aromatic carbocycles. The van der Waals surface area contributed by atoms with Gasteiger partial charge in [-0.05, 0) is 43.3 Å². The number of carbonyl (C=O) groups excluding carboxylic acids is 2. The normalized spacial score (nSPS) is 9.48. The average molecular weight is 310 g/mol. The topological polar surface area (TPSA) is 82.3 Å². The van der Waals surface area contributed by atoms with Crippen molar-refractivity contribution in [3.05, 3.63) is 54.1 Å². The third-order valence-corrected chi connectivity index (χ3v) is 3.04. The molecule has 0 aliphatic heterocycles. The predicted octanol–water partition coefficient (Wildman–Crippen LogP) is 3.14. The molecule has 0 bridgehead atoms. The minimum absolute atomic E-state index is 0.250. The Morgan fingerprint density at radius 2 is 1.74 bits per heavy atom. The lowest BCUT2D eigenvalue weighted by Crippen LogP contribution is -1.84. The number of ether oxygens (including phenoxy) is 1. The van der Waals surface area contributed by atoms with Crippen LogP contribution in [0.1, 0.15) is 5.56 Å². The molecule has 0 fully saturated rings. The molecule has 6 nitrogen and oxygen atoms in total. The fraction of sp³-hybridized carbons (Fsp3) is 0.118. The molecule has 0 spiro atoms. The molecule has 0 unspecified atom stereocenters. The van der Waals surface area contributed by atoms with Crippen molar-refractivity contribution in [2.24, 2.45) is 0 Å². The highest BCUT2D eigenvalue weighted by atomic mass is 16.5. The summed E-state index contributed by atoms with van der Waals surface area (Å²) in [5.74, 6) is 1.90. The van der Waals surface area contributed by atoms with E-state index in [1.807, 2.05) is 55.5 Å². The number of hydrogen-bond acceptors (Lipinski definition) is 6. The first-order valence-electron chi connectivity index (χ1n) is 6.72. The molecule has 0 atom stereocenters. The maximum atomic E-state index is 8.12. The maximum Gasteiger partial charge on any atom is 0.373 e. The lowest BCUT2D eigenvalue weighted by Gasteiger charge is -1.99. The summed E-state index contributed by atoms with van der Waals surface area (Å²) < 4.78 is 10.5. The maximum absolute atomic E-state index is 8.12. The van der Waals surface area contributed by atoms with Crippen molar-refractivity contribution in [1.29, 1.82) is 0 Å². The van der Waals surface area contributed by atoms with Gasteiger partial charge in [0.1, 0.15) is 5.75 Å². The molecule has 0 aliphatic rings. The highest BCUT2D eigenvalue weighted by Gasteiger charge is 2.10. The van der Waals surface area contributed by atoms with Crippen LogP contribution in [0, 0.1) is 6.92 Å². The van der Waals surface area contributed by atoms with Gasteiger partial charge < -0.3 is 9.26 Å². The molecule has 23 heavy (non-hydrogen) atoms. The fourth-order valence-electron chi connectivity index (χ4n) is 1.98. The Morgan fingerprint density at radius 3 is 2.35 bits per heavy atom. The first kappa shape index (κ1) is 16.1. The van der Waals surface area contributed by atoms with Gasteiger partial charge in [0.2, 0.25) is 5.82 Å². The van der Waals surface area contributed by atoms with Crippen LogP contribution in [0.2, 0.25) is 0 Å². The number of benzene rings is 2. The van der Waals surface area contributed by atoms with Gasteiger partial charge in [0.25, 0.3) is 5.89 Å². The molecule has 0 aliphatic carbocycles. The minimum atomic E-state index is 0.250. The molecular weight excluding hydrogens is 296 g/mol. The lowest BCUT2D eigenvalue weighted by atomic mass is 10.1. The molecule has 1 aromatic heterocycles. The van der Waals surface area contributed by atoms with Crippen LogP contribution in [0.4, 0.5) is 0 Å². The van der Waals surface area contributed by atoms with Crippen molar-refractivity contribution < 1.29 is 18.8 Å². The molecule has 0 saturated heterocycles. The number of rotatable bonds is 3. The van der Waals surface area contributed by atoms with Gasteiger partial charge in [-0.2, -0.15) is 14.6 Å². The molecule has 116 valence electrons. The molecule has 6 heteroatoms. The summed E-state index contributed by atoms with van der Waals surface area (Å²) in [6.07, 6.45) is 0.250. The van der Waals surface area contributed by atoms with Crippen LogP contribution in [-0.2, 0) is 9.59 Å². The summed E-state index contributed by atoms with van der Waals surface area (Å²) in [5, 5.41) is 4.02. The van der Waals surface area contributed by atoms with E-state index in [0.717, 1.165) is 22.4 Å². The van der Waals surface area contributed by atoms with Gasteiger partial charge in [-0.1, -0.05) is 22.9 Å². The zero-order valence-corrected chi connectivity index (χ0v) is 12.6. The van der Waals surface area contributed by atoms with Crippen LogP contribution < -0.4 is 4.74 Å². The number of nitrogens with zero attached hydrogens (tertiary/aromatic N) is 2. The van der Waals surface area contributed by atoms with Crippen LogP contribution in [-0.4, -0.2) is 23.4 Å². The van der Waals surface area contributed by atoms with Gasteiger partial charge in [-0.25, -0.2) is 0 Å². The van der Waals surface area contributed by atoms with Crippen molar-refractivity contribution in [3.63, 3.8) is 0 Å². The fourth-order valence-corrected chi connectivity index (χ4v) is 1.98. The third-order valence-electron chi connectivity index (χ3n) is 3.04. The molecule has 0 amide bonds. The molecule has 3 aromatic rings. The molecule has 0 N–H and O–H groups in total. The molecule has 1 heterocycles. The molecular formula is C17H14N2O4.